The van der Waals surface area contributed by atoms with E-state index in [1.54, 1.807) is 4.90 Å². The molecule has 0 aromatic rings. The molecule has 118 valence electrons. The average Bonchev–Trinajstić information content (AvgIpc) is 2.37. The third kappa shape index (κ3) is 6.09. The molecule has 0 bridgehead atoms. The van der Waals surface area contributed by atoms with Crippen LogP contribution in [0.4, 0.5) is 0 Å². The van der Waals surface area contributed by atoms with E-state index in [0.717, 1.165) is 32.4 Å². The van der Waals surface area contributed by atoms with Crippen molar-refractivity contribution in [1.82, 2.24) is 15.5 Å². The number of amides is 2. The van der Waals surface area contributed by atoms with Gasteiger partial charge in [-0.05, 0) is 32.2 Å². The first-order valence-electron chi connectivity index (χ1n) is 7.28. The largest absolute Gasteiger partial charge is 0.353 e. The maximum Gasteiger partial charge on any atom is 0.242 e. The molecule has 20 heavy (non-hydrogen) atoms. The number of likely N-dealkylation sites (N-methyl/N-ethyl adjacent to an activating group) is 1. The van der Waals surface area contributed by atoms with Crippen molar-refractivity contribution in [3.05, 3.63) is 0 Å². The summed E-state index contributed by atoms with van der Waals surface area (Å²) in [7, 11) is 1.85. The topological polar surface area (TPSA) is 61.4 Å². The molecule has 0 spiro atoms. The molecule has 1 heterocycles. The highest BCUT2D eigenvalue weighted by atomic mass is 35.5. The van der Waals surface area contributed by atoms with Crippen LogP contribution >= 0.6 is 12.4 Å². The van der Waals surface area contributed by atoms with Crippen molar-refractivity contribution in [2.75, 3.05) is 26.7 Å². The van der Waals surface area contributed by atoms with Crippen molar-refractivity contribution >= 4 is 24.2 Å². The summed E-state index contributed by atoms with van der Waals surface area (Å²) >= 11 is 0. The summed E-state index contributed by atoms with van der Waals surface area (Å²) in [6.07, 6.45) is 3.27. The van der Waals surface area contributed by atoms with Crippen molar-refractivity contribution < 1.29 is 9.59 Å². The molecule has 2 amide bonds. The summed E-state index contributed by atoms with van der Waals surface area (Å²) in [5.41, 5.74) is 0. The first-order valence-corrected chi connectivity index (χ1v) is 7.28. The predicted octanol–water partition coefficient (Wildman–Crippen LogP) is 1.17. The Morgan fingerprint density at radius 1 is 1.30 bits per heavy atom. The van der Waals surface area contributed by atoms with Crippen LogP contribution in [0.2, 0.25) is 0 Å². The Labute approximate surface area is 128 Å². The molecule has 0 aliphatic carbocycles. The molecule has 1 fully saturated rings. The van der Waals surface area contributed by atoms with Gasteiger partial charge < -0.3 is 15.5 Å². The summed E-state index contributed by atoms with van der Waals surface area (Å²) in [5.74, 6) is 0.509. The van der Waals surface area contributed by atoms with E-state index in [2.05, 4.69) is 24.5 Å². The summed E-state index contributed by atoms with van der Waals surface area (Å²) in [4.78, 5) is 26.0. The third-order valence-electron chi connectivity index (χ3n) is 3.41. The molecule has 0 aromatic carbocycles. The van der Waals surface area contributed by atoms with Gasteiger partial charge in [-0.25, -0.2) is 0 Å². The molecule has 0 aromatic heterocycles. The molecule has 1 aliphatic rings. The predicted molar refractivity (Wildman–Crippen MR) is 83.0 cm³/mol. The zero-order valence-corrected chi connectivity index (χ0v) is 13.6. The maximum atomic E-state index is 12.3. The van der Waals surface area contributed by atoms with Crippen LogP contribution in [0.1, 0.15) is 39.5 Å². The lowest BCUT2D eigenvalue weighted by molar-refractivity contribution is -0.143. The number of piperidine rings is 1. The molecule has 2 N–H and O–H groups in total. The Morgan fingerprint density at radius 2 is 2.00 bits per heavy atom. The molecular formula is C14H28ClN3O2. The summed E-state index contributed by atoms with van der Waals surface area (Å²) in [5, 5.41) is 5.91. The molecule has 1 aliphatic heterocycles. The standard InChI is InChI=1S/C14H27N3O2.ClH/c1-11(2)10-12(14(19)16-8-7-15-3)17-9-5-4-6-13(17)18;/h11-12,15H,4-10H2,1-3H3,(H,16,19);1H. The number of hydrogen-bond donors (Lipinski definition) is 2. The lowest BCUT2D eigenvalue weighted by Gasteiger charge is -2.34. The summed E-state index contributed by atoms with van der Waals surface area (Å²) in [6.45, 7) is 6.24. The number of nitrogens with one attached hydrogen (secondary N) is 2. The number of hydrogen-bond acceptors (Lipinski definition) is 3. The average molecular weight is 306 g/mol. The smallest absolute Gasteiger partial charge is 0.242 e. The van der Waals surface area contributed by atoms with Crippen LogP contribution in [0, 0.1) is 5.92 Å². The van der Waals surface area contributed by atoms with Gasteiger partial charge in [0, 0.05) is 26.1 Å². The molecule has 0 saturated carbocycles. The lowest BCUT2D eigenvalue weighted by Crippen LogP contribution is -2.52. The minimum absolute atomic E-state index is 0. The minimum atomic E-state index is -0.301. The number of rotatable bonds is 7. The Hall–Kier alpha value is -0.810. The Bertz CT molecular complexity index is 311. The molecule has 6 heteroatoms. The third-order valence-corrected chi connectivity index (χ3v) is 3.41. The van der Waals surface area contributed by atoms with Gasteiger partial charge in [-0.1, -0.05) is 13.8 Å². The van der Waals surface area contributed by atoms with Gasteiger partial charge in [0.2, 0.25) is 11.8 Å². The highest BCUT2D eigenvalue weighted by molar-refractivity contribution is 5.88. The van der Waals surface area contributed by atoms with Crippen molar-refractivity contribution in [1.29, 1.82) is 0 Å². The van der Waals surface area contributed by atoms with Gasteiger partial charge in [0.05, 0.1) is 0 Å². The van der Waals surface area contributed by atoms with Gasteiger partial charge in [-0.2, -0.15) is 0 Å². The van der Waals surface area contributed by atoms with Crippen LogP contribution in [0.5, 0.6) is 0 Å². The van der Waals surface area contributed by atoms with E-state index in [1.165, 1.54) is 0 Å². The number of carbonyl (C=O) groups excluding carboxylic acids is 2. The monoisotopic (exact) mass is 305 g/mol. The Kier molecular flexibility index (Phi) is 9.59. The van der Waals surface area contributed by atoms with E-state index in [1.807, 2.05) is 7.05 Å². The fourth-order valence-electron chi connectivity index (χ4n) is 2.41. The molecule has 0 radical (unpaired) electrons. The van der Waals surface area contributed by atoms with E-state index < -0.39 is 0 Å². The van der Waals surface area contributed by atoms with Gasteiger partial charge in [-0.15, -0.1) is 12.4 Å². The van der Waals surface area contributed by atoms with E-state index in [-0.39, 0.29) is 30.3 Å². The van der Waals surface area contributed by atoms with E-state index in [4.69, 9.17) is 0 Å². The van der Waals surface area contributed by atoms with E-state index in [0.29, 0.717) is 18.9 Å². The molecule has 1 unspecified atom stereocenters. The van der Waals surface area contributed by atoms with Crippen LogP contribution in [-0.2, 0) is 9.59 Å². The second-order valence-electron chi connectivity index (χ2n) is 5.58. The molecular weight excluding hydrogens is 278 g/mol. The van der Waals surface area contributed by atoms with Crippen LogP contribution < -0.4 is 10.6 Å². The molecule has 1 atom stereocenters. The number of carbonyl (C=O) groups is 2. The van der Waals surface area contributed by atoms with Gasteiger partial charge >= 0.3 is 0 Å². The molecule has 5 nitrogen and oxygen atoms in total. The molecule has 1 saturated heterocycles. The highest BCUT2D eigenvalue weighted by Gasteiger charge is 2.31. The van der Waals surface area contributed by atoms with Gasteiger partial charge in [-0.3, -0.25) is 9.59 Å². The fraction of sp³-hybridized carbons (Fsp3) is 0.857. The second kappa shape index (κ2) is 10.00. The van der Waals surface area contributed by atoms with Crippen LogP contribution in [0.25, 0.3) is 0 Å². The summed E-state index contributed by atoms with van der Waals surface area (Å²) in [6, 6.07) is -0.301. The number of likely N-dealkylation sites (tertiary alicyclic amines) is 1. The van der Waals surface area contributed by atoms with Gasteiger partial charge in [0.1, 0.15) is 6.04 Å². The van der Waals surface area contributed by atoms with Crippen LogP contribution in [0.15, 0.2) is 0 Å². The van der Waals surface area contributed by atoms with Crippen molar-refractivity contribution in [3.63, 3.8) is 0 Å². The SMILES string of the molecule is CNCCNC(=O)C(CC(C)C)N1CCCCC1=O.Cl. The zero-order chi connectivity index (χ0) is 14.3. The fourth-order valence-corrected chi connectivity index (χ4v) is 2.41. The first-order chi connectivity index (χ1) is 9.06. The number of nitrogens with zero attached hydrogens (tertiary/aromatic N) is 1. The quantitative estimate of drug-likeness (QED) is 0.694. The van der Waals surface area contributed by atoms with E-state index >= 15 is 0 Å². The second-order valence-corrected chi connectivity index (χ2v) is 5.58. The highest BCUT2D eigenvalue weighted by Crippen LogP contribution is 2.18. The Balaban J connectivity index is 0.00000361. The maximum absolute atomic E-state index is 12.3. The van der Waals surface area contributed by atoms with Crippen molar-refractivity contribution in [2.45, 2.75) is 45.6 Å². The lowest BCUT2D eigenvalue weighted by atomic mass is 9.98. The first kappa shape index (κ1) is 19.2. The van der Waals surface area contributed by atoms with E-state index in [9.17, 15) is 9.59 Å². The number of halogens is 1. The zero-order valence-electron chi connectivity index (χ0n) is 12.8. The normalized spacial score (nSPS) is 16.8. The van der Waals surface area contributed by atoms with Crippen molar-refractivity contribution in [3.8, 4) is 0 Å². The summed E-state index contributed by atoms with van der Waals surface area (Å²) < 4.78 is 0. The van der Waals surface area contributed by atoms with Crippen LogP contribution in [-0.4, -0.2) is 49.4 Å². The van der Waals surface area contributed by atoms with Crippen molar-refractivity contribution in [2.24, 2.45) is 5.92 Å². The molecule has 1 rings (SSSR count). The van der Waals surface area contributed by atoms with Crippen LogP contribution in [0.3, 0.4) is 0 Å². The Morgan fingerprint density at radius 3 is 2.55 bits per heavy atom. The van der Waals surface area contributed by atoms with Gasteiger partial charge in [0.25, 0.3) is 0 Å². The minimum Gasteiger partial charge on any atom is -0.353 e. The van der Waals surface area contributed by atoms with Gasteiger partial charge in [0.15, 0.2) is 0 Å².